The Balaban J connectivity index is 1.53. The molecule has 4 heterocycles. The first kappa shape index (κ1) is 19.3. The average molecular weight is 405 g/mol. The number of hydrogen-bond donors (Lipinski definition) is 1. The molecule has 1 atom stereocenters. The van der Waals surface area contributed by atoms with Crippen LogP contribution in [0.4, 0.5) is 0 Å². The van der Waals surface area contributed by atoms with Gasteiger partial charge in [0.25, 0.3) is 0 Å². The van der Waals surface area contributed by atoms with Gasteiger partial charge in [0, 0.05) is 19.7 Å². The number of guanidine groups is 1. The summed E-state index contributed by atoms with van der Waals surface area (Å²) in [4.78, 5) is 43.4. The highest BCUT2D eigenvalue weighted by atomic mass is 16.2. The largest absolute Gasteiger partial charge is 0.369 e. The number of aromatic nitrogens is 6. The van der Waals surface area contributed by atoms with E-state index in [0.29, 0.717) is 11.5 Å². The van der Waals surface area contributed by atoms with Crippen molar-refractivity contribution < 1.29 is 9.59 Å². The highest BCUT2D eigenvalue weighted by molar-refractivity contribution is 5.98. The molecule has 1 amide bonds. The second-order valence-electron chi connectivity index (χ2n) is 7.13. The highest BCUT2D eigenvalue weighted by Crippen LogP contribution is 2.31. The van der Waals surface area contributed by atoms with Gasteiger partial charge in [-0.15, -0.1) is 5.10 Å². The van der Waals surface area contributed by atoms with Crippen LogP contribution in [0.2, 0.25) is 0 Å². The van der Waals surface area contributed by atoms with Crippen LogP contribution in [0.3, 0.4) is 0 Å². The van der Waals surface area contributed by atoms with E-state index in [0.717, 1.165) is 5.56 Å². The lowest BCUT2D eigenvalue weighted by Crippen LogP contribution is -2.47. The minimum atomic E-state index is -0.883. The molecule has 30 heavy (non-hydrogen) atoms. The van der Waals surface area contributed by atoms with E-state index in [1.165, 1.54) is 28.2 Å². The fraction of sp³-hybridized carbons (Fsp3) is 0.263. The maximum Gasteiger partial charge on any atom is 0.231 e. The summed E-state index contributed by atoms with van der Waals surface area (Å²) >= 11 is 0. The Kier molecular flexibility index (Phi) is 4.78. The molecule has 3 aromatic heterocycles. The summed E-state index contributed by atoms with van der Waals surface area (Å²) in [6.07, 6.45) is 7.87. The SMILES string of the molecule is CN1C(=O)CC(C)(c2cc(CC(=O)c3cnc(-n4ccnn4)cn3)ccn2)N=C1N. The van der Waals surface area contributed by atoms with Crippen molar-refractivity contribution in [3.8, 4) is 5.82 Å². The van der Waals surface area contributed by atoms with Crippen molar-refractivity contribution in [1.82, 2.24) is 34.8 Å². The number of Topliss-reactive ketones (excluding diaryl/α,β-unsaturated/α-hetero) is 1. The summed E-state index contributed by atoms with van der Waals surface area (Å²) in [5.41, 5.74) is 6.53. The van der Waals surface area contributed by atoms with Gasteiger partial charge < -0.3 is 5.73 Å². The van der Waals surface area contributed by atoms with Gasteiger partial charge in [-0.3, -0.25) is 19.5 Å². The summed E-state index contributed by atoms with van der Waals surface area (Å²) in [6.45, 7) is 1.80. The Labute approximate surface area is 171 Å². The molecule has 0 saturated carbocycles. The lowest BCUT2D eigenvalue weighted by atomic mass is 9.90. The number of aliphatic imine (C=N–C) groups is 1. The van der Waals surface area contributed by atoms with E-state index in [4.69, 9.17) is 5.73 Å². The molecule has 0 radical (unpaired) electrons. The molecule has 4 rings (SSSR count). The van der Waals surface area contributed by atoms with Crippen LogP contribution >= 0.6 is 0 Å². The molecule has 152 valence electrons. The van der Waals surface area contributed by atoms with Crippen molar-refractivity contribution in [3.05, 3.63) is 60.1 Å². The third-order valence-corrected chi connectivity index (χ3v) is 4.90. The topological polar surface area (TPSA) is 145 Å². The Hall–Kier alpha value is -4.02. The van der Waals surface area contributed by atoms with E-state index < -0.39 is 5.54 Å². The van der Waals surface area contributed by atoms with Crippen LogP contribution in [-0.2, 0) is 16.8 Å². The van der Waals surface area contributed by atoms with Gasteiger partial charge in [-0.05, 0) is 24.6 Å². The van der Waals surface area contributed by atoms with Crippen LogP contribution in [0.25, 0.3) is 5.82 Å². The van der Waals surface area contributed by atoms with Crippen LogP contribution in [0.5, 0.6) is 0 Å². The summed E-state index contributed by atoms with van der Waals surface area (Å²) < 4.78 is 1.45. The molecule has 11 heteroatoms. The smallest absolute Gasteiger partial charge is 0.231 e. The maximum atomic E-state index is 12.7. The first-order valence-electron chi connectivity index (χ1n) is 9.15. The standard InChI is InChI=1S/C19H19N9O2/c1-19(9-17(30)27(2)18(20)25-19)15-8-12(3-4-21-15)7-14(29)13-10-23-16(11-22-13)28-6-5-24-26-28/h3-6,8,10-11H,7,9H2,1-2H3,(H2,20,25). The fourth-order valence-corrected chi connectivity index (χ4v) is 3.12. The van der Waals surface area contributed by atoms with Crippen molar-refractivity contribution in [2.24, 2.45) is 10.7 Å². The zero-order chi connectivity index (χ0) is 21.3. The van der Waals surface area contributed by atoms with Crippen molar-refractivity contribution in [2.45, 2.75) is 25.3 Å². The Morgan fingerprint density at radius 3 is 2.73 bits per heavy atom. The van der Waals surface area contributed by atoms with E-state index in [2.05, 4.69) is 30.3 Å². The lowest BCUT2D eigenvalue weighted by molar-refractivity contribution is -0.128. The number of carbonyl (C=O) groups is 2. The molecule has 3 aromatic rings. The van der Waals surface area contributed by atoms with Gasteiger partial charge in [0.05, 0.1) is 36.9 Å². The summed E-state index contributed by atoms with van der Waals surface area (Å²) in [5, 5.41) is 7.54. The predicted molar refractivity (Wildman–Crippen MR) is 106 cm³/mol. The Morgan fingerprint density at radius 2 is 2.07 bits per heavy atom. The minimum absolute atomic E-state index is 0.107. The first-order chi connectivity index (χ1) is 14.4. The molecule has 1 aliphatic rings. The molecule has 0 aromatic carbocycles. The number of rotatable bonds is 5. The van der Waals surface area contributed by atoms with Crippen LogP contribution in [0.1, 0.15) is 35.1 Å². The van der Waals surface area contributed by atoms with Gasteiger partial charge in [0.1, 0.15) is 11.2 Å². The first-order valence-corrected chi connectivity index (χ1v) is 9.15. The Bertz CT molecular complexity index is 1130. The molecule has 11 nitrogen and oxygen atoms in total. The van der Waals surface area contributed by atoms with Crippen molar-refractivity contribution in [3.63, 3.8) is 0 Å². The number of nitrogens with zero attached hydrogens (tertiary/aromatic N) is 8. The average Bonchev–Trinajstić information content (AvgIpc) is 3.27. The van der Waals surface area contributed by atoms with Gasteiger partial charge in [0.15, 0.2) is 17.6 Å². The zero-order valence-electron chi connectivity index (χ0n) is 16.4. The van der Waals surface area contributed by atoms with Crippen LogP contribution < -0.4 is 5.73 Å². The molecule has 0 aliphatic carbocycles. The molecule has 0 spiro atoms. The van der Waals surface area contributed by atoms with Crippen LogP contribution in [-0.4, -0.2) is 59.5 Å². The number of carbonyl (C=O) groups excluding carboxylic acids is 2. The fourth-order valence-electron chi connectivity index (χ4n) is 3.12. The molecular formula is C19H19N9O2. The van der Waals surface area contributed by atoms with Crippen molar-refractivity contribution >= 4 is 17.6 Å². The van der Waals surface area contributed by atoms with Gasteiger partial charge in [-0.2, -0.15) is 0 Å². The zero-order valence-corrected chi connectivity index (χ0v) is 16.4. The molecule has 1 aliphatic heterocycles. The number of ketones is 1. The number of amides is 1. The molecule has 1 unspecified atom stereocenters. The third-order valence-electron chi connectivity index (χ3n) is 4.90. The van der Waals surface area contributed by atoms with E-state index in [1.807, 2.05) is 0 Å². The van der Waals surface area contributed by atoms with Gasteiger partial charge in [0.2, 0.25) is 5.91 Å². The second kappa shape index (κ2) is 7.43. The van der Waals surface area contributed by atoms with E-state index in [1.54, 1.807) is 38.5 Å². The highest BCUT2D eigenvalue weighted by Gasteiger charge is 2.37. The quantitative estimate of drug-likeness (QED) is 0.595. The number of hydrogen-bond acceptors (Lipinski definition) is 9. The van der Waals surface area contributed by atoms with Crippen molar-refractivity contribution in [1.29, 1.82) is 0 Å². The molecular weight excluding hydrogens is 386 g/mol. The molecule has 0 fully saturated rings. The minimum Gasteiger partial charge on any atom is -0.369 e. The molecule has 2 N–H and O–H groups in total. The predicted octanol–water partition coefficient (Wildman–Crippen LogP) is 0.270. The molecule has 0 bridgehead atoms. The molecule has 0 saturated heterocycles. The van der Waals surface area contributed by atoms with Gasteiger partial charge in [-0.1, -0.05) is 5.21 Å². The lowest BCUT2D eigenvalue weighted by Gasteiger charge is -2.32. The normalized spacial score (nSPS) is 18.9. The van der Waals surface area contributed by atoms with Crippen LogP contribution in [0.15, 0.2) is 48.1 Å². The number of pyridine rings is 1. The van der Waals surface area contributed by atoms with Gasteiger partial charge >= 0.3 is 0 Å². The summed E-state index contributed by atoms with van der Waals surface area (Å²) in [7, 11) is 1.58. The van der Waals surface area contributed by atoms with Gasteiger partial charge in [-0.25, -0.2) is 19.6 Å². The monoisotopic (exact) mass is 405 g/mol. The van der Waals surface area contributed by atoms with Crippen LogP contribution in [0, 0.1) is 0 Å². The maximum absolute atomic E-state index is 12.7. The van der Waals surface area contributed by atoms with E-state index in [-0.39, 0.29) is 36.2 Å². The Morgan fingerprint density at radius 1 is 1.23 bits per heavy atom. The van der Waals surface area contributed by atoms with Crippen molar-refractivity contribution in [2.75, 3.05) is 7.05 Å². The van der Waals surface area contributed by atoms with E-state index in [9.17, 15) is 9.59 Å². The summed E-state index contributed by atoms with van der Waals surface area (Å²) in [5.74, 6) is 0.263. The van der Waals surface area contributed by atoms with E-state index >= 15 is 0 Å². The summed E-state index contributed by atoms with van der Waals surface area (Å²) in [6, 6.07) is 3.51. The third kappa shape index (κ3) is 3.64. The second-order valence-corrected chi connectivity index (χ2v) is 7.13. The number of nitrogens with two attached hydrogens (primary N) is 1.